The predicted octanol–water partition coefficient (Wildman–Crippen LogP) is 2.61. The summed E-state index contributed by atoms with van der Waals surface area (Å²) in [5.41, 5.74) is 9.52. The van der Waals surface area contributed by atoms with Crippen LogP contribution in [0.25, 0.3) is 5.69 Å². The second-order valence-corrected chi connectivity index (χ2v) is 5.04. The third kappa shape index (κ3) is 2.99. The first kappa shape index (κ1) is 14.3. The van der Waals surface area contributed by atoms with Crippen molar-refractivity contribution in [2.24, 2.45) is 5.73 Å². The molecule has 0 atom stereocenters. The number of benzene rings is 2. The van der Waals surface area contributed by atoms with Crippen LogP contribution >= 0.6 is 0 Å². The van der Waals surface area contributed by atoms with E-state index in [1.807, 2.05) is 61.5 Å². The van der Waals surface area contributed by atoms with Gasteiger partial charge in [0.25, 0.3) is 0 Å². The van der Waals surface area contributed by atoms with E-state index in [9.17, 15) is 0 Å². The van der Waals surface area contributed by atoms with Crippen molar-refractivity contribution < 1.29 is 4.74 Å². The Labute approximate surface area is 129 Å². The molecule has 0 saturated carbocycles. The number of rotatable bonds is 5. The van der Waals surface area contributed by atoms with Crippen molar-refractivity contribution in [3.05, 3.63) is 71.5 Å². The Morgan fingerprint density at radius 1 is 1.05 bits per heavy atom. The predicted molar refractivity (Wildman–Crippen MR) is 84.8 cm³/mol. The third-order valence-corrected chi connectivity index (χ3v) is 3.43. The lowest BCUT2D eigenvalue weighted by atomic mass is 10.2. The minimum atomic E-state index is 0.333. The smallest absolute Gasteiger partial charge is 0.132 e. The lowest BCUT2D eigenvalue weighted by molar-refractivity contribution is 0.296. The summed E-state index contributed by atoms with van der Waals surface area (Å²) < 4.78 is 7.63. The van der Waals surface area contributed by atoms with Gasteiger partial charge in [-0.3, -0.25) is 0 Å². The zero-order chi connectivity index (χ0) is 15.4. The van der Waals surface area contributed by atoms with Gasteiger partial charge in [-0.2, -0.15) is 0 Å². The van der Waals surface area contributed by atoms with Crippen molar-refractivity contribution in [3.63, 3.8) is 0 Å². The highest BCUT2D eigenvalue weighted by molar-refractivity contribution is 5.33. The first-order valence-electron chi connectivity index (χ1n) is 7.16. The van der Waals surface area contributed by atoms with Gasteiger partial charge in [0.1, 0.15) is 23.7 Å². The molecular weight excluding hydrogens is 276 g/mol. The zero-order valence-corrected chi connectivity index (χ0v) is 12.4. The van der Waals surface area contributed by atoms with Crippen LogP contribution in [0.2, 0.25) is 0 Å². The molecule has 0 aliphatic rings. The van der Waals surface area contributed by atoms with E-state index < -0.39 is 0 Å². The average Bonchev–Trinajstić information content (AvgIpc) is 2.98. The second-order valence-electron chi connectivity index (χ2n) is 5.04. The third-order valence-electron chi connectivity index (χ3n) is 3.43. The molecule has 5 nitrogen and oxygen atoms in total. The van der Waals surface area contributed by atoms with Gasteiger partial charge in [0.15, 0.2) is 0 Å². The molecule has 0 fully saturated rings. The van der Waals surface area contributed by atoms with Crippen LogP contribution in [0, 0.1) is 6.92 Å². The maximum atomic E-state index is 5.85. The molecule has 3 aromatic rings. The minimum absolute atomic E-state index is 0.333. The van der Waals surface area contributed by atoms with Crippen molar-refractivity contribution >= 4 is 0 Å². The molecule has 0 saturated heterocycles. The van der Waals surface area contributed by atoms with Crippen molar-refractivity contribution in [2.45, 2.75) is 20.1 Å². The zero-order valence-electron chi connectivity index (χ0n) is 12.4. The molecule has 3 rings (SSSR count). The molecule has 0 bridgehead atoms. The topological polar surface area (TPSA) is 66.0 Å². The van der Waals surface area contributed by atoms with Gasteiger partial charge < -0.3 is 10.5 Å². The lowest BCUT2D eigenvalue weighted by Gasteiger charge is -2.10. The second kappa shape index (κ2) is 6.41. The molecule has 112 valence electrons. The highest BCUT2D eigenvalue weighted by Gasteiger charge is 2.13. The Morgan fingerprint density at radius 3 is 2.45 bits per heavy atom. The van der Waals surface area contributed by atoms with Gasteiger partial charge in [0, 0.05) is 6.54 Å². The van der Waals surface area contributed by atoms with E-state index in [2.05, 4.69) is 10.3 Å². The molecule has 2 aromatic carbocycles. The standard InChI is InChI=1S/C17H18N4O/c1-13-7-9-15(10-8-13)22-12-17-16(11-18)19-20-21(17)14-5-3-2-4-6-14/h2-10H,11-12,18H2,1H3. The van der Waals surface area contributed by atoms with E-state index in [0.717, 1.165) is 22.8 Å². The summed E-state index contributed by atoms with van der Waals surface area (Å²) in [5.74, 6) is 0.814. The summed E-state index contributed by atoms with van der Waals surface area (Å²) in [7, 11) is 0. The van der Waals surface area contributed by atoms with Crippen LogP contribution in [0.4, 0.5) is 0 Å². The van der Waals surface area contributed by atoms with Gasteiger partial charge in [-0.25, -0.2) is 4.68 Å². The number of nitrogens with two attached hydrogens (primary N) is 1. The molecule has 2 N–H and O–H groups in total. The SMILES string of the molecule is Cc1ccc(OCc2c(CN)nnn2-c2ccccc2)cc1. The van der Waals surface area contributed by atoms with Crippen LogP contribution < -0.4 is 10.5 Å². The number of ether oxygens (including phenoxy) is 1. The number of nitrogens with zero attached hydrogens (tertiary/aromatic N) is 3. The maximum Gasteiger partial charge on any atom is 0.132 e. The Hall–Kier alpha value is -2.66. The fraction of sp³-hybridized carbons (Fsp3) is 0.176. The van der Waals surface area contributed by atoms with Gasteiger partial charge in [0.2, 0.25) is 0 Å². The Balaban J connectivity index is 1.86. The molecule has 0 radical (unpaired) electrons. The van der Waals surface area contributed by atoms with Crippen molar-refractivity contribution in [1.29, 1.82) is 0 Å². The molecule has 0 aliphatic carbocycles. The summed E-state index contributed by atoms with van der Waals surface area (Å²) in [6.07, 6.45) is 0. The first-order valence-corrected chi connectivity index (χ1v) is 7.16. The number of aryl methyl sites for hydroxylation is 1. The minimum Gasteiger partial charge on any atom is -0.487 e. The molecule has 1 heterocycles. The Bertz CT molecular complexity index is 735. The number of hydrogen-bond donors (Lipinski definition) is 1. The Morgan fingerprint density at radius 2 is 1.77 bits per heavy atom. The van der Waals surface area contributed by atoms with Crippen LogP contribution in [-0.2, 0) is 13.2 Å². The van der Waals surface area contributed by atoms with Gasteiger partial charge in [-0.05, 0) is 31.2 Å². The van der Waals surface area contributed by atoms with E-state index in [1.165, 1.54) is 5.56 Å². The summed E-state index contributed by atoms with van der Waals surface area (Å²) in [6, 6.07) is 17.8. The van der Waals surface area contributed by atoms with Gasteiger partial charge >= 0.3 is 0 Å². The lowest BCUT2D eigenvalue weighted by Crippen LogP contribution is -2.09. The van der Waals surface area contributed by atoms with E-state index in [1.54, 1.807) is 4.68 Å². The molecule has 0 amide bonds. The normalized spacial score (nSPS) is 10.6. The van der Waals surface area contributed by atoms with Crippen LogP contribution in [0.5, 0.6) is 5.75 Å². The maximum absolute atomic E-state index is 5.85. The van der Waals surface area contributed by atoms with Gasteiger partial charge in [0.05, 0.1) is 5.69 Å². The van der Waals surface area contributed by atoms with Crippen LogP contribution in [0.15, 0.2) is 54.6 Å². The first-order chi connectivity index (χ1) is 10.8. The van der Waals surface area contributed by atoms with Crippen LogP contribution in [0.3, 0.4) is 0 Å². The van der Waals surface area contributed by atoms with E-state index in [0.29, 0.717) is 13.2 Å². The molecule has 0 aliphatic heterocycles. The molecule has 1 aromatic heterocycles. The van der Waals surface area contributed by atoms with E-state index in [4.69, 9.17) is 10.5 Å². The highest BCUT2D eigenvalue weighted by Crippen LogP contribution is 2.17. The summed E-state index contributed by atoms with van der Waals surface area (Å²) in [4.78, 5) is 0. The van der Waals surface area contributed by atoms with E-state index >= 15 is 0 Å². The molecule has 0 spiro atoms. The quantitative estimate of drug-likeness (QED) is 0.785. The monoisotopic (exact) mass is 294 g/mol. The number of hydrogen-bond acceptors (Lipinski definition) is 4. The molecule has 22 heavy (non-hydrogen) atoms. The number of aromatic nitrogens is 3. The van der Waals surface area contributed by atoms with Gasteiger partial charge in [-0.15, -0.1) is 5.10 Å². The molecule has 0 unspecified atom stereocenters. The largest absolute Gasteiger partial charge is 0.487 e. The van der Waals surface area contributed by atoms with Crippen molar-refractivity contribution in [2.75, 3.05) is 0 Å². The van der Waals surface area contributed by atoms with Crippen molar-refractivity contribution in [3.8, 4) is 11.4 Å². The fourth-order valence-corrected chi connectivity index (χ4v) is 2.20. The molecule has 5 heteroatoms. The van der Waals surface area contributed by atoms with Gasteiger partial charge in [-0.1, -0.05) is 41.1 Å². The average molecular weight is 294 g/mol. The summed E-state index contributed by atoms with van der Waals surface area (Å²) >= 11 is 0. The highest BCUT2D eigenvalue weighted by atomic mass is 16.5. The van der Waals surface area contributed by atoms with Crippen LogP contribution in [-0.4, -0.2) is 15.0 Å². The number of para-hydroxylation sites is 1. The summed E-state index contributed by atoms with van der Waals surface area (Å²) in [5, 5.41) is 8.34. The van der Waals surface area contributed by atoms with Crippen LogP contribution in [0.1, 0.15) is 17.0 Å². The van der Waals surface area contributed by atoms with Crippen molar-refractivity contribution in [1.82, 2.24) is 15.0 Å². The summed E-state index contributed by atoms with van der Waals surface area (Å²) in [6.45, 7) is 2.75. The van der Waals surface area contributed by atoms with E-state index in [-0.39, 0.29) is 0 Å². The fourth-order valence-electron chi connectivity index (χ4n) is 2.20. The Kier molecular flexibility index (Phi) is 4.16. The molecular formula is C17H18N4O.